The molecule has 0 aliphatic heterocycles. The highest BCUT2D eigenvalue weighted by atomic mass is 35.5. The van der Waals surface area contributed by atoms with Gasteiger partial charge in [0.1, 0.15) is 5.15 Å². The predicted octanol–water partition coefficient (Wildman–Crippen LogP) is 2.35. The lowest BCUT2D eigenvalue weighted by molar-refractivity contribution is 0.0528. The van der Waals surface area contributed by atoms with Gasteiger partial charge in [0.25, 0.3) is 0 Å². The maximum Gasteiger partial charge on any atom is 0.339 e. The number of aromatic amines is 1. The number of halogens is 1. The smallest absolute Gasteiger partial charge is 0.339 e. The van der Waals surface area contributed by atoms with Crippen LogP contribution in [0, 0.1) is 0 Å². The van der Waals surface area contributed by atoms with Crippen LogP contribution in [0.3, 0.4) is 0 Å². The van der Waals surface area contributed by atoms with Gasteiger partial charge in [0.05, 0.1) is 23.3 Å². The van der Waals surface area contributed by atoms with Crippen molar-refractivity contribution in [2.45, 2.75) is 20.3 Å². The fourth-order valence-corrected chi connectivity index (χ4v) is 1.88. The van der Waals surface area contributed by atoms with Crippen molar-refractivity contribution in [3.63, 3.8) is 0 Å². The van der Waals surface area contributed by atoms with Gasteiger partial charge >= 0.3 is 5.97 Å². The van der Waals surface area contributed by atoms with E-state index in [9.17, 15) is 4.79 Å². The standard InChI is InChI=1S/C11H12ClN3O2/c1-3-7-9-6(11(16)17-4-2)5-8(12)13-10(9)15-14-7/h5H,3-4H2,1-2H3,(H,13,14,15). The molecule has 0 bridgehead atoms. The first-order valence-corrected chi connectivity index (χ1v) is 5.75. The van der Waals surface area contributed by atoms with Crippen LogP contribution >= 0.6 is 11.6 Å². The normalized spacial score (nSPS) is 10.8. The SMILES string of the molecule is CCOC(=O)c1cc(Cl)nc2[nH]nc(CC)c12. The van der Waals surface area contributed by atoms with Crippen LogP contribution in [0.25, 0.3) is 11.0 Å². The largest absolute Gasteiger partial charge is 0.462 e. The second kappa shape index (κ2) is 4.71. The summed E-state index contributed by atoms with van der Waals surface area (Å²) in [7, 11) is 0. The molecule has 0 radical (unpaired) electrons. The number of nitrogens with one attached hydrogen (secondary N) is 1. The molecule has 0 fully saturated rings. The minimum Gasteiger partial charge on any atom is -0.462 e. The number of fused-ring (bicyclic) bond motifs is 1. The van der Waals surface area contributed by atoms with E-state index in [-0.39, 0.29) is 5.15 Å². The van der Waals surface area contributed by atoms with Crippen molar-refractivity contribution in [3.05, 3.63) is 22.5 Å². The highest BCUT2D eigenvalue weighted by Crippen LogP contribution is 2.23. The summed E-state index contributed by atoms with van der Waals surface area (Å²) in [6.07, 6.45) is 0.704. The first-order chi connectivity index (χ1) is 8.17. The lowest BCUT2D eigenvalue weighted by atomic mass is 10.1. The summed E-state index contributed by atoms with van der Waals surface area (Å²) in [5, 5.41) is 7.80. The Morgan fingerprint density at radius 2 is 2.29 bits per heavy atom. The average molecular weight is 254 g/mol. The predicted molar refractivity (Wildman–Crippen MR) is 64.2 cm³/mol. The summed E-state index contributed by atoms with van der Waals surface area (Å²) in [6.45, 7) is 4.03. The third-order valence-corrected chi connectivity index (χ3v) is 2.60. The summed E-state index contributed by atoms with van der Waals surface area (Å²) in [5.74, 6) is -0.405. The zero-order chi connectivity index (χ0) is 12.4. The molecule has 0 atom stereocenters. The number of aromatic nitrogens is 3. The van der Waals surface area contributed by atoms with Crippen LogP contribution in [-0.4, -0.2) is 27.8 Å². The Bertz CT molecular complexity index is 565. The number of H-pyrrole nitrogens is 1. The molecule has 2 aromatic heterocycles. The molecule has 0 aromatic carbocycles. The minimum absolute atomic E-state index is 0.242. The Kier molecular flexibility index (Phi) is 3.28. The molecule has 0 amide bonds. The number of ether oxygens (including phenoxy) is 1. The Labute approximate surface area is 103 Å². The molecule has 0 saturated heterocycles. The van der Waals surface area contributed by atoms with Crippen molar-refractivity contribution in [1.82, 2.24) is 15.2 Å². The first kappa shape index (κ1) is 11.9. The maximum absolute atomic E-state index is 11.8. The quantitative estimate of drug-likeness (QED) is 0.673. The number of rotatable bonds is 3. The number of carbonyl (C=O) groups excluding carboxylic acids is 1. The molecule has 0 unspecified atom stereocenters. The van der Waals surface area contributed by atoms with Crippen LogP contribution < -0.4 is 0 Å². The number of carbonyl (C=O) groups is 1. The Balaban J connectivity index is 2.66. The van der Waals surface area contributed by atoms with Gasteiger partial charge in [-0.3, -0.25) is 5.10 Å². The molecule has 1 N–H and O–H groups in total. The lowest BCUT2D eigenvalue weighted by Gasteiger charge is -2.04. The third-order valence-electron chi connectivity index (χ3n) is 2.40. The van der Waals surface area contributed by atoms with Crippen molar-refractivity contribution < 1.29 is 9.53 Å². The molecule has 5 nitrogen and oxygen atoms in total. The molecule has 0 aliphatic rings. The minimum atomic E-state index is -0.405. The second-order valence-electron chi connectivity index (χ2n) is 3.46. The van der Waals surface area contributed by atoms with Gasteiger partial charge < -0.3 is 4.74 Å². The maximum atomic E-state index is 11.8. The zero-order valence-electron chi connectivity index (χ0n) is 9.58. The van der Waals surface area contributed by atoms with E-state index in [0.717, 1.165) is 5.69 Å². The summed E-state index contributed by atoms with van der Waals surface area (Å²) in [4.78, 5) is 15.9. The van der Waals surface area contributed by atoms with Crippen molar-refractivity contribution in [2.75, 3.05) is 6.61 Å². The molecular formula is C11H12ClN3O2. The Morgan fingerprint density at radius 3 is 2.94 bits per heavy atom. The average Bonchev–Trinajstić information content (AvgIpc) is 2.70. The third kappa shape index (κ3) is 2.10. The van der Waals surface area contributed by atoms with Gasteiger partial charge in [-0.15, -0.1) is 0 Å². The molecule has 17 heavy (non-hydrogen) atoms. The van der Waals surface area contributed by atoms with E-state index < -0.39 is 5.97 Å². The van der Waals surface area contributed by atoms with Gasteiger partial charge in [-0.2, -0.15) is 5.10 Å². The van der Waals surface area contributed by atoms with Crippen LogP contribution in [0.2, 0.25) is 5.15 Å². The second-order valence-corrected chi connectivity index (χ2v) is 3.85. The van der Waals surface area contributed by atoms with E-state index in [1.165, 1.54) is 6.07 Å². The van der Waals surface area contributed by atoms with E-state index >= 15 is 0 Å². The number of pyridine rings is 1. The van der Waals surface area contributed by atoms with E-state index in [0.29, 0.717) is 29.6 Å². The molecule has 0 aliphatic carbocycles. The monoisotopic (exact) mass is 253 g/mol. The van der Waals surface area contributed by atoms with Gasteiger partial charge in [-0.25, -0.2) is 9.78 Å². The summed E-state index contributed by atoms with van der Waals surface area (Å²) < 4.78 is 4.99. The number of nitrogens with zero attached hydrogens (tertiary/aromatic N) is 2. The molecule has 2 heterocycles. The summed E-state index contributed by atoms with van der Waals surface area (Å²) >= 11 is 5.85. The van der Waals surface area contributed by atoms with E-state index in [1.807, 2.05) is 6.92 Å². The lowest BCUT2D eigenvalue weighted by Crippen LogP contribution is -2.06. The van der Waals surface area contributed by atoms with E-state index in [4.69, 9.17) is 16.3 Å². The van der Waals surface area contributed by atoms with Crippen molar-refractivity contribution in [1.29, 1.82) is 0 Å². The number of hydrogen-bond acceptors (Lipinski definition) is 4. The molecule has 90 valence electrons. The van der Waals surface area contributed by atoms with Gasteiger partial charge in [0, 0.05) is 0 Å². The Morgan fingerprint density at radius 1 is 1.53 bits per heavy atom. The van der Waals surface area contributed by atoms with Crippen LogP contribution in [-0.2, 0) is 11.2 Å². The molecule has 0 spiro atoms. The number of hydrogen-bond donors (Lipinski definition) is 1. The van der Waals surface area contributed by atoms with Crippen molar-refractivity contribution in [2.24, 2.45) is 0 Å². The van der Waals surface area contributed by atoms with E-state index in [2.05, 4.69) is 15.2 Å². The molecular weight excluding hydrogens is 242 g/mol. The van der Waals surface area contributed by atoms with Crippen molar-refractivity contribution >= 4 is 28.6 Å². The summed E-state index contributed by atoms with van der Waals surface area (Å²) in [6, 6.07) is 1.51. The van der Waals surface area contributed by atoms with E-state index in [1.54, 1.807) is 6.92 Å². The molecule has 6 heteroatoms. The topological polar surface area (TPSA) is 67.9 Å². The summed E-state index contributed by atoms with van der Waals surface area (Å²) in [5.41, 5.74) is 1.71. The van der Waals surface area contributed by atoms with Crippen LogP contribution in [0.5, 0.6) is 0 Å². The molecule has 2 rings (SSSR count). The fourth-order valence-electron chi connectivity index (χ4n) is 1.69. The highest BCUT2D eigenvalue weighted by Gasteiger charge is 2.18. The van der Waals surface area contributed by atoms with Crippen LogP contribution in [0.4, 0.5) is 0 Å². The number of esters is 1. The first-order valence-electron chi connectivity index (χ1n) is 5.38. The van der Waals surface area contributed by atoms with Crippen molar-refractivity contribution in [3.8, 4) is 0 Å². The molecule has 0 saturated carbocycles. The van der Waals surface area contributed by atoms with Gasteiger partial charge in [0.2, 0.25) is 0 Å². The number of aryl methyl sites for hydroxylation is 1. The van der Waals surface area contributed by atoms with Gasteiger partial charge in [-0.1, -0.05) is 18.5 Å². The van der Waals surface area contributed by atoms with Gasteiger partial charge in [-0.05, 0) is 19.4 Å². The fraction of sp³-hybridized carbons (Fsp3) is 0.364. The van der Waals surface area contributed by atoms with Crippen LogP contribution in [0.15, 0.2) is 6.07 Å². The zero-order valence-corrected chi connectivity index (χ0v) is 10.3. The molecule has 2 aromatic rings. The highest BCUT2D eigenvalue weighted by molar-refractivity contribution is 6.30. The Hall–Kier alpha value is -1.62. The van der Waals surface area contributed by atoms with Crippen LogP contribution in [0.1, 0.15) is 29.9 Å². The van der Waals surface area contributed by atoms with Gasteiger partial charge in [0.15, 0.2) is 5.65 Å².